The highest BCUT2D eigenvalue weighted by Crippen LogP contribution is 2.20. The van der Waals surface area contributed by atoms with Gasteiger partial charge < -0.3 is 9.42 Å². The van der Waals surface area contributed by atoms with Crippen LogP contribution in [-0.2, 0) is 17.8 Å². The second kappa shape index (κ2) is 8.60. The first-order chi connectivity index (χ1) is 13.3. The van der Waals surface area contributed by atoms with Crippen LogP contribution in [0.2, 0.25) is 0 Å². The van der Waals surface area contributed by atoms with E-state index in [1.54, 1.807) is 38.2 Å². The summed E-state index contributed by atoms with van der Waals surface area (Å²) in [6.07, 6.45) is 0.410. The Morgan fingerprint density at radius 1 is 1.18 bits per heavy atom. The summed E-state index contributed by atoms with van der Waals surface area (Å²) in [5.74, 6) is -0.179. The number of halogens is 3. The van der Waals surface area contributed by atoms with Crippen molar-refractivity contribution in [3.63, 3.8) is 0 Å². The summed E-state index contributed by atoms with van der Waals surface area (Å²) in [5.41, 5.74) is 1.56. The zero-order valence-corrected chi connectivity index (χ0v) is 17.0. The van der Waals surface area contributed by atoms with Gasteiger partial charge in [0.1, 0.15) is 11.6 Å². The van der Waals surface area contributed by atoms with E-state index in [0.717, 1.165) is 4.47 Å². The monoisotopic (exact) mass is 449 g/mol. The van der Waals surface area contributed by atoms with E-state index in [1.807, 2.05) is 0 Å². The smallest absolute Gasteiger partial charge is 0.227 e. The lowest BCUT2D eigenvalue weighted by molar-refractivity contribution is -0.130. The molecule has 0 bridgehead atoms. The molecule has 0 aliphatic carbocycles. The molecule has 5 nitrogen and oxygen atoms in total. The normalized spacial score (nSPS) is 10.9. The van der Waals surface area contributed by atoms with Crippen LogP contribution in [0, 0.1) is 18.6 Å². The van der Waals surface area contributed by atoms with Gasteiger partial charge in [-0.25, -0.2) is 8.78 Å². The number of rotatable bonds is 6. The van der Waals surface area contributed by atoms with Gasteiger partial charge in [0.25, 0.3) is 0 Å². The average Bonchev–Trinajstić information content (AvgIpc) is 3.14. The van der Waals surface area contributed by atoms with Gasteiger partial charge in [-0.3, -0.25) is 4.79 Å². The lowest BCUT2D eigenvalue weighted by Crippen LogP contribution is -2.26. The molecule has 0 saturated carbocycles. The van der Waals surface area contributed by atoms with Gasteiger partial charge in [0, 0.05) is 42.0 Å². The van der Waals surface area contributed by atoms with Crippen LogP contribution in [0.3, 0.4) is 0 Å². The summed E-state index contributed by atoms with van der Waals surface area (Å²) in [5, 5.41) is 3.88. The molecule has 1 heterocycles. The van der Waals surface area contributed by atoms with Gasteiger partial charge in [-0.2, -0.15) is 4.98 Å². The van der Waals surface area contributed by atoms with Gasteiger partial charge in [-0.05, 0) is 48.9 Å². The number of carbonyl (C=O) groups excluding carboxylic acids is 1. The first-order valence-corrected chi connectivity index (χ1v) is 9.40. The van der Waals surface area contributed by atoms with Crippen LogP contribution in [0.1, 0.15) is 23.4 Å². The highest BCUT2D eigenvalue weighted by molar-refractivity contribution is 9.10. The van der Waals surface area contributed by atoms with Crippen LogP contribution in [0.5, 0.6) is 0 Å². The van der Waals surface area contributed by atoms with Crippen LogP contribution in [0.15, 0.2) is 45.4 Å². The molecule has 8 heteroatoms. The predicted molar refractivity (Wildman–Crippen MR) is 103 cm³/mol. The number of aromatic nitrogens is 2. The topological polar surface area (TPSA) is 59.2 Å². The number of aryl methyl sites for hydroxylation is 2. The Hall–Kier alpha value is -2.61. The molecule has 0 fully saturated rings. The lowest BCUT2D eigenvalue weighted by Gasteiger charge is -2.17. The zero-order valence-electron chi connectivity index (χ0n) is 15.4. The Morgan fingerprint density at radius 3 is 2.68 bits per heavy atom. The Bertz CT molecular complexity index is 1010. The molecule has 0 N–H and O–H groups in total. The van der Waals surface area contributed by atoms with E-state index in [4.69, 9.17) is 4.52 Å². The third kappa shape index (κ3) is 4.81. The Kier molecular flexibility index (Phi) is 6.18. The highest BCUT2D eigenvalue weighted by atomic mass is 79.9. The number of nitrogens with zero attached hydrogens (tertiary/aromatic N) is 3. The van der Waals surface area contributed by atoms with Gasteiger partial charge in [-0.15, -0.1) is 0 Å². The second-order valence-corrected chi connectivity index (χ2v) is 7.38. The van der Waals surface area contributed by atoms with Crippen molar-refractivity contribution in [1.82, 2.24) is 15.0 Å². The molecule has 0 spiro atoms. The molecule has 146 valence electrons. The van der Waals surface area contributed by atoms with Crippen LogP contribution in [0.25, 0.3) is 11.4 Å². The largest absolute Gasteiger partial charge is 0.341 e. The van der Waals surface area contributed by atoms with Crippen molar-refractivity contribution in [3.8, 4) is 11.4 Å². The van der Waals surface area contributed by atoms with E-state index in [0.29, 0.717) is 28.4 Å². The molecule has 1 amide bonds. The van der Waals surface area contributed by atoms with Gasteiger partial charge in [0.15, 0.2) is 0 Å². The average molecular weight is 450 g/mol. The van der Waals surface area contributed by atoms with E-state index in [9.17, 15) is 13.6 Å². The van der Waals surface area contributed by atoms with Gasteiger partial charge in [0.05, 0.1) is 0 Å². The molecule has 0 saturated heterocycles. The molecule has 0 aliphatic heterocycles. The van der Waals surface area contributed by atoms with E-state index in [1.165, 1.54) is 17.0 Å². The van der Waals surface area contributed by atoms with Crippen molar-refractivity contribution in [2.75, 3.05) is 7.05 Å². The van der Waals surface area contributed by atoms with Crippen LogP contribution in [-0.4, -0.2) is 28.0 Å². The van der Waals surface area contributed by atoms with E-state index in [2.05, 4.69) is 26.1 Å². The maximum absolute atomic E-state index is 13.8. The van der Waals surface area contributed by atoms with E-state index in [-0.39, 0.29) is 36.9 Å². The van der Waals surface area contributed by atoms with Gasteiger partial charge in [-0.1, -0.05) is 21.1 Å². The van der Waals surface area contributed by atoms with Crippen molar-refractivity contribution < 1.29 is 18.1 Å². The second-order valence-electron chi connectivity index (χ2n) is 6.46. The zero-order chi connectivity index (χ0) is 20.3. The Labute approximate surface area is 169 Å². The number of benzene rings is 2. The summed E-state index contributed by atoms with van der Waals surface area (Å²) < 4.78 is 33.2. The molecule has 0 radical (unpaired) electrons. The molecule has 2 aromatic carbocycles. The van der Waals surface area contributed by atoms with Crippen molar-refractivity contribution in [2.45, 2.75) is 26.3 Å². The molecule has 28 heavy (non-hydrogen) atoms. The molecule has 0 atom stereocenters. The summed E-state index contributed by atoms with van der Waals surface area (Å²) >= 11 is 3.30. The standard InChI is InChI=1S/C20H18BrF2N3O2/c1-12-9-13(3-5-16(12)22)20-24-18(28-25-20)7-8-19(27)26(2)11-14-10-15(21)4-6-17(14)23/h3-6,9-10H,7-8,11H2,1-2H3. The third-order valence-electron chi connectivity index (χ3n) is 4.28. The predicted octanol–water partition coefficient (Wildman–Crippen LogP) is 4.68. The van der Waals surface area contributed by atoms with Gasteiger partial charge >= 0.3 is 0 Å². The summed E-state index contributed by atoms with van der Waals surface area (Å²) in [6, 6.07) is 9.16. The summed E-state index contributed by atoms with van der Waals surface area (Å²) in [7, 11) is 1.61. The molecule has 0 unspecified atom stereocenters. The maximum Gasteiger partial charge on any atom is 0.227 e. The fraction of sp³-hybridized carbons (Fsp3) is 0.250. The first kappa shape index (κ1) is 20.1. The molecule has 3 aromatic rings. The van der Waals surface area contributed by atoms with Crippen molar-refractivity contribution >= 4 is 21.8 Å². The maximum atomic E-state index is 13.8. The van der Waals surface area contributed by atoms with E-state index >= 15 is 0 Å². The summed E-state index contributed by atoms with van der Waals surface area (Å²) in [6.45, 7) is 1.82. The minimum absolute atomic E-state index is 0.149. The van der Waals surface area contributed by atoms with Crippen LogP contribution in [0.4, 0.5) is 8.78 Å². The molecular weight excluding hydrogens is 432 g/mol. The first-order valence-electron chi connectivity index (χ1n) is 8.60. The van der Waals surface area contributed by atoms with E-state index < -0.39 is 0 Å². The van der Waals surface area contributed by atoms with Crippen molar-refractivity contribution in [3.05, 3.63) is 69.5 Å². The number of hydrogen-bond acceptors (Lipinski definition) is 4. The van der Waals surface area contributed by atoms with Crippen molar-refractivity contribution in [1.29, 1.82) is 0 Å². The number of amides is 1. The Morgan fingerprint density at radius 2 is 1.93 bits per heavy atom. The lowest BCUT2D eigenvalue weighted by atomic mass is 10.1. The van der Waals surface area contributed by atoms with Crippen molar-refractivity contribution in [2.24, 2.45) is 0 Å². The minimum Gasteiger partial charge on any atom is -0.341 e. The molecule has 1 aromatic heterocycles. The number of carbonyl (C=O) groups is 1. The Balaban J connectivity index is 1.59. The van der Waals surface area contributed by atoms with Gasteiger partial charge in [0.2, 0.25) is 17.6 Å². The molecule has 3 rings (SSSR count). The highest BCUT2D eigenvalue weighted by Gasteiger charge is 2.15. The minimum atomic E-state index is -0.362. The van der Waals surface area contributed by atoms with Crippen LogP contribution >= 0.6 is 15.9 Å². The fourth-order valence-electron chi connectivity index (χ4n) is 2.67. The SMILES string of the molecule is Cc1cc(-c2noc(CCC(=O)N(C)Cc3cc(Br)ccc3F)n2)ccc1F. The fourth-order valence-corrected chi connectivity index (χ4v) is 3.08. The molecular formula is C20H18BrF2N3O2. The van der Waals surface area contributed by atoms with Crippen LogP contribution < -0.4 is 0 Å². The number of hydrogen-bond donors (Lipinski definition) is 0. The third-order valence-corrected chi connectivity index (χ3v) is 4.77. The quantitative estimate of drug-likeness (QED) is 0.548. The molecule has 0 aliphatic rings. The summed E-state index contributed by atoms with van der Waals surface area (Å²) in [4.78, 5) is 18.0.